The molecule has 1 amide bonds. The zero-order valence-corrected chi connectivity index (χ0v) is 31.0. The van der Waals surface area contributed by atoms with Gasteiger partial charge in [0, 0.05) is 27.0 Å². The van der Waals surface area contributed by atoms with Gasteiger partial charge in [-0.05, 0) is 127 Å². The maximum absolute atomic E-state index is 14.4. The third kappa shape index (κ3) is 4.46. The van der Waals surface area contributed by atoms with E-state index in [0.717, 1.165) is 50.0 Å². The number of carboxylic acids is 1. The van der Waals surface area contributed by atoms with Crippen LogP contribution in [0.2, 0.25) is 5.02 Å². The number of rotatable bonds is 4. The highest BCUT2D eigenvalue weighted by Gasteiger charge is 2.69. The summed E-state index contributed by atoms with van der Waals surface area (Å²) in [7, 11) is 0. The summed E-state index contributed by atoms with van der Waals surface area (Å²) in [5, 5.41) is 15.2. The van der Waals surface area contributed by atoms with E-state index in [1.165, 1.54) is 40.6 Å². The van der Waals surface area contributed by atoms with Gasteiger partial charge in [-0.3, -0.25) is 4.79 Å². The number of fused-ring (bicyclic) bond motifs is 10. The van der Waals surface area contributed by atoms with Crippen LogP contribution in [0.1, 0.15) is 125 Å². The molecule has 0 bridgehead atoms. The minimum absolute atomic E-state index is 0.00997. The number of hydrogen-bond acceptors (Lipinski definition) is 2. The summed E-state index contributed by atoms with van der Waals surface area (Å²) in [5.74, 6) is 0.0946. The topological polar surface area (TPSA) is 82.2 Å². The molecular weight excluding hydrogens is 604 g/mol. The van der Waals surface area contributed by atoms with E-state index >= 15 is 0 Å². The molecule has 3 fully saturated rings. The fraction of sp³-hybridized carbons (Fsp3) is 0.707. The van der Waals surface area contributed by atoms with Crippen LogP contribution < -0.4 is 5.32 Å². The maximum atomic E-state index is 14.4. The van der Waals surface area contributed by atoms with Crippen LogP contribution >= 0.6 is 11.6 Å². The molecule has 0 saturated heterocycles. The highest BCUT2D eigenvalue weighted by Crippen LogP contribution is 2.75. The number of aromatic nitrogens is 1. The summed E-state index contributed by atoms with van der Waals surface area (Å²) in [6.07, 6.45) is 11.7. The summed E-state index contributed by atoms with van der Waals surface area (Å²) >= 11 is 6.58. The van der Waals surface area contributed by atoms with Crippen LogP contribution in [-0.4, -0.2) is 28.0 Å². The van der Waals surface area contributed by atoms with Gasteiger partial charge in [0.2, 0.25) is 5.91 Å². The molecule has 5 nitrogen and oxygen atoms in total. The van der Waals surface area contributed by atoms with Gasteiger partial charge in [0.15, 0.2) is 0 Å². The van der Waals surface area contributed by atoms with Crippen molar-refractivity contribution in [3.63, 3.8) is 0 Å². The zero-order valence-electron chi connectivity index (χ0n) is 30.2. The van der Waals surface area contributed by atoms with Gasteiger partial charge in [0.25, 0.3) is 0 Å². The number of H-pyrrole nitrogens is 1. The van der Waals surface area contributed by atoms with Crippen molar-refractivity contribution >= 4 is 34.4 Å². The van der Waals surface area contributed by atoms with E-state index in [4.69, 9.17) is 11.6 Å². The lowest BCUT2D eigenvalue weighted by Crippen LogP contribution is -2.65. The normalized spacial score (nSPS) is 39.0. The predicted molar refractivity (Wildman–Crippen MR) is 190 cm³/mol. The van der Waals surface area contributed by atoms with Crippen LogP contribution in [-0.2, 0) is 21.4 Å². The second-order valence-corrected chi connectivity index (χ2v) is 19.4. The van der Waals surface area contributed by atoms with Gasteiger partial charge >= 0.3 is 5.97 Å². The second-order valence-electron chi connectivity index (χ2n) is 19.0. The number of aromatic amines is 1. The molecule has 0 aliphatic heterocycles. The predicted octanol–water partition coefficient (Wildman–Crippen LogP) is 9.86. The van der Waals surface area contributed by atoms with Crippen LogP contribution in [0.15, 0.2) is 29.8 Å². The third-order valence-corrected chi connectivity index (χ3v) is 15.8. The van der Waals surface area contributed by atoms with Gasteiger partial charge in [-0.25, -0.2) is 4.79 Å². The average molecular weight is 661 g/mol. The molecule has 1 aromatic carbocycles. The number of amides is 1. The third-order valence-electron chi connectivity index (χ3n) is 15.5. The van der Waals surface area contributed by atoms with E-state index in [9.17, 15) is 14.7 Å². The largest absolute Gasteiger partial charge is 0.480 e. The Kier molecular flexibility index (Phi) is 7.34. The minimum atomic E-state index is -0.939. The fourth-order valence-electron chi connectivity index (χ4n) is 12.8. The molecule has 2 aromatic rings. The average Bonchev–Trinajstić information content (AvgIpc) is 3.33. The molecule has 6 heteroatoms. The van der Waals surface area contributed by atoms with Crippen molar-refractivity contribution in [2.75, 3.05) is 0 Å². The fourth-order valence-corrected chi connectivity index (χ4v) is 12.9. The first-order chi connectivity index (χ1) is 21.8. The standard InChI is InChI=1S/C41H57ClN2O3/c1-23(2)32(34(45)46)44-35(47)41-18-16-36(3,4)22-28(41)27-11-13-31-38(7)21-26-25-20-24(42)10-12-29(25)43-33(26)37(5,6)30(38)14-15-40(31,9)39(27,8)17-19-41/h10-12,20,23,28,30-32,43H,13-19,21-22H2,1-9H3,(H,44,47)(H,45,46)/t28-,30-,31+,32-,38-,39+,40+,41-/m0/s1. The Morgan fingerprint density at radius 2 is 1.68 bits per heavy atom. The lowest BCUT2D eigenvalue weighted by atomic mass is 9.33. The molecule has 7 rings (SSSR count). The Balaban J connectivity index is 1.31. The number of benzene rings is 1. The Bertz CT molecular complexity index is 1680. The molecule has 0 radical (unpaired) electrons. The van der Waals surface area contributed by atoms with E-state index in [0.29, 0.717) is 11.8 Å². The highest BCUT2D eigenvalue weighted by molar-refractivity contribution is 6.31. The van der Waals surface area contributed by atoms with Gasteiger partial charge < -0.3 is 15.4 Å². The Labute approximate surface area is 287 Å². The van der Waals surface area contributed by atoms with Gasteiger partial charge in [-0.1, -0.05) is 85.6 Å². The van der Waals surface area contributed by atoms with E-state index < -0.39 is 17.4 Å². The molecule has 1 aromatic heterocycles. The van der Waals surface area contributed by atoms with E-state index in [2.05, 4.69) is 77.0 Å². The molecule has 47 heavy (non-hydrogen) atoms. The molecule has 5 aliphatic rings. The molecule has 3 N–H and O–H groups in total. The van der Waals surface area contributed by atoms with Crippen LogP contribution in [0.3, 0.4) is 0 Å². The van der Waals surface area contributed by atoms with Gasteiger partial charge in [0.1, 0.15) is 6.04 Å². The number of aliphatic carboxylic acids is 1. The van der Waals surface area contributed by atoms with Crippen molar-refractivity contribution < 1.29 is 14.7 Å². The van der Waals surface area contributed by atoms with Gasteiger partial charge in [-0.2, -0.15) is 0 Å². The van der Waals surface area contributed by atoms with Crippen molar-refractivity contribution in [3.05, 3.63) is 46.1 Å². The highest BCUT2D eigenvalue weighted by atomic mass is 35.5. The van der Waals surface area contributed by atoms with E-state index in [1.54, 1.807) is 0 Å². The summed E-state index contributed by atoms with van der Waals surface area (Å²) in [6.45, 7) is 21.2. The lowest BCUT2D eigenvalue weighted by Gasteiger charge is -2.70. The number of carboxylic acid groups (broad SMARTS) is 1. The Morgan fingerprint density at radius 3 is 2.36 bits per heavy atom. The molecule has 0 unspecified atom stereocenters. The van der Waals surface area contributed by atoms with Crippen LogP contribution in [0, 0.1) is 50.7 Å². The monoisotopic (exact) mass is 660 g/mol. The SMILES string of the molecule is CC(C)[C@H](NC(=O)[C@]12CCC(C)(C)C[C@H]1C1=CC[C@@H]3[C@@]4(C)Cc5c([nH]c6ccc(Cl)cc56)C(C)(C)[C@@H]4CC[C@@]3(C)[C@]1(C)CC2)C(=O)O. The van der Waals surface area contributed by atoms with Crippen molar-refractivity contribution in [1.29, 1.82) is 0 Å². The first-order valence-electron chi connectivity index (χ1n) is 18.4. The van der Waals surface area contributed by atoms with E-state index in [-0.39, 0.29) is 44.8 Å². The summed E-state index contributed by atoms with van der Waals surface area (Å²) in [6, 6.07) is 5.45. The first-order valence-corrected chi connectivity index (χ1v) is 18.7. The minimum Gasteiger partial charge on any atom is -0.480 e. The first kappa shape index (κ1) is 33.2. The molecule has 1 heterocycles. The number of nitrogens with one attached hydrogen (secondary N) is 2. The lowest BCUT2D eigenvalue weighted by molar-refractivity contribution is -0.168. The number of carbonyl (C=O) groups is 2. The molecule has 5 aliphatic carbocycles. The van der Waals surface area contributed by atoms with Crippen molar-refractivity contribution in [1.82, 2.24) is 10.3 Å². The smallest absolute Gasteiger partial charge is 0.326 e. The number of allylic oxidation sites excluding steroid dienone is 2. The number of hydrogen-bond donors (Lipinski definition) is 3. The van der Waals surface area contributed by atoms with Gasteiger partial charge in [0.05, 0.1) is 5.41 Å². The molecular formula is C41H57ClN2O3. The van der Waals surface area contributed by atoms with Crippen molar-refractivity contribution in [3.8, 4) is 0 Å². The second kappa shape index (κ2) is 10.4. The molecule has 8 atom stereocenters. The molecule has 3 saturated carbocycles. The van der Waals surface area contributed by atoms with Crippen LogP contribution in [0.5, 0.6) is 0 Å². The van der Waals surface area contributed by atoms with Crippen LogP contribution in [0.25, 0.3) is 10.9 Å². The maximum Gasteiger partial charge on any atom is 0.326 e. The summed E-state index contributed by atoms with van der Waals surface area (Å²) in [5.41, 5.74) is 5.39. The number of halogens is 1. The summed E-state index contributed by atoms with van der Waals surface area (Å²) in [4.78, 5) is 30.5. The number of carbonyl (C=O) groups excluding carboxylic acids is 1. The quantitative estimate of drug-likeness (QED) is 0.286. The van der Waals surface area contributed by atoms with Crippen molar-refractivity contribution in [2.24, 2.45) is 50.7 Å². The van der Waals surface area contributed by atoms with Crippen molar-refractivity contribution in [2.45, 2.75) is 132 Å². The van der Waals surface area contributed by atoms with E-state index in [1.807, 2.05) is 19.9 Å². The zero-order chi connectivity index (χ0) is 34.1. The molecule has 256 valence electrons. The Hall–Kier alpha value is -2.27. The summed E-state index contributed by atoms with van der Waals surface area (Å²) < 4.78 is 0. The molecule has 0 spiro atoms. The van der Waals surface area contributed by atoms with Crippen LogP contribution in [0.4, 0.5) is 0 Å². The van der Waals surface area contributed by atoms with Gasteiger partial charge in [-0.15, -0.1) is 0 Å². The Morgan fingerprint density at radius 1 is 0.979 bits per heavy atom.